The van der Waals surface area contributed by atoms with Crippen molar-refractivity contribution in [2.45, 2.75) is 20.4 Å². The second-order valence-electron chi connectivity index (χ2n) is 3.85. The van der Waals surface area contributed by atoms with Crippen molar-refractivity contribution >= 4 is 21.6 Å². The summed E-state index contributed by atoms with van der Waals surface area (Å²) in [6, 6.07) is 2.01. The molecule has 0 radical (unpaired) electrons. The molecule has 0 atom stereocenters. The summed E-state index contributed by atoms with van der Waals surface area (Å²) >= 11 is 3.10. The van der Waals surface area contributed by atoms with E-state index in [-0.39, 0.29) is 12.2 Å². The zero-order valence-electron chi connectivity index (χ0n) is 9.85. The quantitative estimate of drug-likeness (QED) is 0.932. The van der Waals surface area contributed by atoms with Gasteiger partial charge in [0.1, 0.15) is 17.4 Å². The van der Waals surface area contributed by atoms with Crippen molar-refractivity contribution in [3.8, 4) is 0 Å². The van der Waals surface area contributed by atoms with Crippen molar-refractivity contribution in [3.05, 3.63) is 45.6 Å². The van der Waals surface area contributed by atoms with Gasteiger partial charge < -0.3 is 9.73 Å². The van der Waals surface area contributed by atoms with Crippen LogP contribution in [0.15, 0.2) is 21.0 Å². The molecule has 18 heavy (non-hydrogen) atoms. The zero-order chi connectivity index (χ0) is 13.3. The Balaban J connectivity index is 2.15. The summed E-state index contributed by atoms with van der Waals surface area (Å²) in [5.41, 5.74) is 0.982. The van der Waals surface area contributed by atoms with E-state index in [0.717, 1.165) is 17.5 Å². The molecule has 0 amide bonds. The van der Waals surface area contributed by atoms with Gasteiger partial charge in [-0.2, -0.15) is 0 Å². The highest BCUT2D eigenvalue weighted by Gasteiger charge is 2.11. The lowest BCUT2D eigenvalue weighted by Gasteiger charge is -2.07. The fourth-order valence-corrected chi connectivity index (χ4v) is 2.04. The summed E-state index contributed by atoms with van der Waals surface area (Å²) in [6.07, 6.45) is 0. The van der Waals surface area contributed by atoms with E-state index in [1.807, 2.05) is 6.92 Å². The first kappa shape index (κ1) is 13.0. The largest absolute Gasteiger partial charge is 0.444 e. The number of nitrogens with one attached hydrogen (secondary N) is 1. The number of hydrogen-bond acceptors (Lipinski definition) is 3. The summed E-state index contributed by atoms with van der Waals surface area (Å²) in [4.78, 5) is 4.16. The lowest BCUT2D eigenvalue weighted by atomic mass is 10.3. The summed E-state index contributed by atoms with van der Waals surface area (Å²) < 4.78 is 32.1. The topological polar surface area (TPSA) is 38.1 Å². The molecule has 6 heteroatoms. The number of aromatic nitrogens is 1. The SMILES string of the molecule is Cc1nc(CNc2c(F)cc(F)cc2Br)oc1C. The van der Waals surface area contributed by atoms with E-state index in [1.54, 1.807) is 6.92 Å². The van der Waals surface area contributed by atoms with Crippen molar-refractivity contribution in [2.75, 3.05) is 5.32 Å². The van der Waals surface area contributed by atoms with Gasteiger partial charge in [0.15, 0.2) is 0 Å². The Morgan fingerprint density at radius 2 is 2.06 bits per heavy atom. The van der Waals surface area contributed by atoms with Gasteiger partial charge in [0.05, 0.1) is 17.9 Å². The standard InChI is InChI=1S/C12H11BrF2N2O/c1-6-7(2)18-11(17-6)5-16-12-9(13)3-8(14)4-10(12)15/h3-4,16H,5H2,1-2H3. The number of aryl methyl sites for hydroxylation is 2. The van der Waals surface area contributed by atoms with E-state index in [0.29, 0.717) is 10.4 Å². The maximum Gasteiger partial charge on any atom is 0.213 e. The molecule has 2 aromatic rings. The lowest BCUT2D eigenvalue weighted by molar-refractivity contribution is 0.477. The van der Waals surface area contributed by atoms with Crippen molar-refractivity contribution in [2.24, 2.45) is 0 Å². The molecule has 0 saturated carbocycles. The maximum absolute atomic E-state index is 13.5. The van der Waals surface area contributed by atoms with Gasteiger partial charge in [-0.1, -0.05) is 0 Å². The molecular weight excluding hydrogens is 306 g/mol. The smallest absolute Gasteiger partial charge is 0.213 e. The molecule has 0 aliphatic carbocycles. The predicted molar refractivity (Wildman–Crippen MR) is 67.4 cm³/mol. The van der Waals surface area contributed by atoms with Crippen LogP contribution in [0, 0.1) is 25.5 Å². The Morgan fingerprint density at radius 1 is 1.33 bits per heavy atom. The molecule has 0 aliphatic rings. The summed E-state index contributed by atoms with van der Waals surface area (Å²) in [7, 11) is 0. The van der Waals surface area contributed by atoms with Gasteiger partial charge in [-0.25, -0.2) is 13.8 Å². The summed E-state index contributed by atoms with van der Waals surface area (Å²) in [5, 5.41) is 2.82. The van der Waals surface area contributed by atoms with Crippen molar-refractivity contribution < 1.29 is 13.2 Å². The highest BCUT2D eigenvalue weighted by Crippen LogP contribution is 2.27. The van der Waals surface area contributed by atoms with Crippen LogP contribution in [0.4, 0.5) is 14.5 Å². The van der Waals surface area contributed by atoms with Crippen LogP contribution in [0.25, 0.3) is 0 Å². The van der Waals surface area contributed by atoms with Crippen LogP contribution in [0.2, 0.25) is 0 Å². The molecular formula is C12H11BrF2N2O. The van der Waals surface area contributed by atoms with Crippen LogP contribution in [0.1, 0.15) is 17.3 Å². The van der Waals surface area contributed by atoms with E-state index in [4.69, 9.17) is 4.42 Å². The van der Waals surface area contributed by atoms with E-state index >= 15 is 0 Å². The molecule has 1 N–H and O–H groups in total. The number of oxazole rings is 1. The average Bonchev–Trinajstić information content (AvgIpc) is 2.56. The fraction of sp³-hybridized carbons (Fsp3) is 0.250. The van der Waals surface area contributed by atoms with Gasteiger partial charge in [0.2, 0.25) is 5.89 Å². The minimum atomic E-state index is -0.665. The van der Waals surface area contributed by atoms with Gasteiger partial charge in [0.25, 0.3) is 0 Å². The van der Waals surface area contributed by atoms with E-state index in [2.05, 4.69) is 26.2 Å². The highest BCUT2D eigenvalue weighted by atomic mass is 79.9. The second kappa shape index (κ2) is 5.06. The van der Waals surface area contributed by atoms with Crippen LogP contribution in [-0.2, 0) is 6.54 Å². The number of rotatable bonds is 3. The van der Waals surface area contributed by atoms with Gasteiger partial charge >= 0.3 is 0 Å². The highest BCUT2D eigenvalue weighted by molar-refractivity contribution is 9.10. The molecule has 96 valence electrons. The van der Waals surface area contributed by atoms with Gasteiger partial charge in [-0.15, -0.1) is 0 Å². The third kappa shape index (κ3) is 2.69. The normalized spacial score (nSPS) is 10.7. The third-order valence-electron chi connectivity index (χ3n) is 2.50. The lowest BCUT2D eigenvalue weighted by Crippen LogP contribution is -2.03. The number of nitrogens with zero attached hydrogens (tertiary/aromatic N) is 1. The molecule has 0 unspecified atom stereocenters. The van der Waals surface area contributed by atoms with Crippen LogP contribution in [0.3, 0.4) is 0 Å². The summed E-state index contributed by atoms with van der Waals surface area (Å²) in [5.74, 6) is -0.110. The monoisotopic (exact) mass is 316 g/mol. The number of anilines is 1. The average molecular weight is 317 g/mol. The zero-order valence-corrected chi connectivity index (χ0v) is 11.4. The molecule has 2 rings (SSSR count). The molecule has 1 aromatic carbocycles. The first-order valence-electron chi connectivity index (χ1n) is 5.28. The van der Waals surface area contributed by atoms with E-state index < -0.39 is 11.6 Å². The minimum absolute atomic E-state index is 0.185. The van der Waals surface area contributed by atoms with Crippen LogP contribution < -0.4 is 5.32 Å². The number of hydrogen-bond donors (Lipinski definition) is 1. The Labute approximate surface area is 111 Å². The Bertz CT molecular complexity index is 541. The first-order chi connectivity index (χ1) is 8.47. The Kier molecular flexibility index (Phi) is 3.65. The molecule has 0 spiro atoms. The van der Waals surface area contributed by atoms with Crippen molar-refractivity contribution in [1.82, 2.24) is 4.98 Å². The van der Waals surface area contributed by atoms with Crippen molar-refractivity contribution in [1.29, 1.82) is 0 Å². The van der Waals surface area contributed by atoms with Gasteiger partial charge in [0, 0.05) is 10.5 Å². The molecule has 1 heterocycles. The number of benzene rings is 1. The van der Waals surface area contributed by atoms with E-state index in [9.17, 15) is 8.78 Å². The Morgan fingerprint density at radius 3 is 2.61 bits per heavy atom. The molecule has 0 fully saturated rings. The maximum atomic E-state index is 13.5. The van der Waals surface area contributed by atoms with Gasteiger partial charge in [-0.05, 0) is 35.8 Å². The molecule has 0 saturated heterocycles. The molecule has 0 aliphatic heterocycles. The predicted octanol–water partition coefficient (Wildman–Crippen LogP) is 3.94. The van der Waals surface area contributed by atoms with Gasteiger partial charge in [-0.3, -0.25) is 0 Å². The molecule has 1 aromatic heterocycles. The van der Waals surface area contributed by atoms with Crippen LogP contribution in [0.5, 0.6) is 0 Å². The molecule has 0 bridgehead atoms. The Hall–Kier alpha value is -1.43. The molecule has 3 nitrogen and oxygen atoms in total. The first-order valence-corrected chi connectivity index (χ1v) is 6.08. The minimum Gasteiger partial charge on any atom is -0.444 e. The van der Waals surface area contributed by atoms with Crippen LogP contribution >= 0.6 is 15.9 Å². The fourth-order valence-electron chi connectivity index (χ4n) is 1.49. The van der Waals surface area contributed by atoms with Crippen molar-refractivity contribution in [3.63, 3.8) is 0 Å². The van der Waals surface area contributed by atoms with E-state index in [1.165, 1.54) is 6.07 Å². The third-order valence-corrected chi connectivity index (χ3v) is 3.12. The number of halogens is 3. The second-order valence-corrected chi connectivity index (χ2v) is 4.70. The summed E-state index contributed by atoms with van der Waals surface area (Å²) in [6.45, 7) is 3.87. The van der Waals surface area contributed by atoms with Crippen LogP contribution in [-0.4, -0.2) is 4.98 Å².